The number of rotatable bonds is 6. The minimum absolute atomic E-state index is 0.614. The van der Waals surface area contributed by atoms with Gasteiger partial charge in [0.05, 0.1) is 0 Å². The normalized spacial score (nSPS) is 17.9. The number of likely N-dealkylation sites (tertiary alicyclic amines) is 1. The summed E-state index contributed by atoms with van der Waals surface area (Å²) in [7, 11) is 0. The van der Waals surface area contributed by atoms with Gasteiger partial charge >= 0.3 is 0 Å². The average molecular weight is 315 g/mol. The second-order valence-corrected chi connectivity index (χ2v) is 6.76. The van der Waals surface area contributed by atoms with Gasteiger partial charge in [0.25, 0.3) is 0 Å². The van der Waals surface area contributed by atoms with Crippen LogP contribution in [0.4, 0.5) is 0 Å². The second kappa shape index (κ2) is 7.65. The quantitative estimate of drug-likeness (QED) is 0.846. The van der Waals surface area contributed by atoms with Crippen molar-refractivity contribution in [3.63, 3.8) is 0 Å². The largest absolute Gasteiger partial charge is 0.311 e. The molecular weight excluding hydrogens is 291 g/mol. The zero-order valence-electron chi connectivity index (χ0n) is 12.3. The molecule has 1 aliphatic heterocycles. The van der Waals surface area contributed by atoms with Crippen LogP contribution in [0.2, 0.25) is 10.0 Å². The highest BCUT2D eigenvalue weighted by molar-refractivity contribution is 6.35. The van der Waals surface area contributed by atoms with Crippen LogP contribution in [0.5, 0.6) is 0 Å². The molecule has 1 saturated heterocycles. The van der Waals surface area contributed by atoms with E-state index in [1.165, 1.54) is 25.9 Å². The third kappa shape index (κ3) is 4.36. The van der Waals surface area contributed by atoms with Gasteiger partial charge < -0.3 is 5.32 Å². The molecule has 0 bridgehead atoms. The molecule has 1 aliphatic rings. The van der Waals surface area contributed by atoms with E-state index in [0.29, 0.717) is 17.0 Å². The maximum Gasteiger partial charge on any atom is 0.0465 e. The zero-order chi connectivity index (χ0) is 14.5. The van der Waals surface area contributed by atoms with Gasteiger partial charge in [0, 0.05) is 29.2 Å². The first-order valence-electron chi connectivity index (χ1n) is 7.46. The van der Waals surface area contributed by atoms with Gasteiger partial charge in [-0.15, -0.1) is 0 Å². The van der Waals surface area contributed by atoms with Gasteiger partial charge in [-0.2, -0.15) is 0 Å². The van der Waals surface area contributed by atoms with Crippen molar-refractivity contribution >= 4 is 23.2 Å². The summed E-state index contributed by atoms with van der Waals surface area (Å²) < 4.78 is 0. The molecule has 2 nitrogen and oxygen atoms in total. The highest BCUT2D eigenvalue weighted by Gasteiger charge is 2.23. The van der Waals surface area contributed by atoms with Crippen LogP contribution >= 0.6 is 23.2 Å². The summed E-state index contributed by atoms with van der Waals surface area (Å²) in [5.41, 5.74) is 1.11. The van der Waals surface area contributed by atoms with Crippen molar-refractivity contribution < 1.29 is 0 Å². The van der Waals surface area contributed by atoms with Crippen LogP contribution in [0.15, 0.2) is 18.2 Å². The van der Waals surface area contributed by atoms with E-state index in [2.05, 4.69) is 24.1 Å². The Kier molecular flexibility index (Phi) is 6.16. The SMILES string of the molecule is CC(C)C(CNCc1ccc(Cl)cc1Cl)N1CCCC1. The molecule has 1 aromatic carbocycles. The molecule has 0 spiro atoms. The molecule has 1 fully saturated rings. The van der Waals surface area contributed by atoms with Crippen LogP contribution in [0, 0.1) is 5.92 Å². The Hall–Kier alpha value is -0.280. The van der Waals surface area contributed by atoms with Crippen molar-refractivity contribution in [3.05, 3.63) is 33.8 Å². The van der Waals surface area contributed by atoms with E-state index in [4.69, 9.17) is 23.2 Å². The van der Waals surface area contributed by atoms with Crippen LogP contribution in [-0.2, 0) is 6.54 Å². The van der Waals surface area contributed by atoms with Crippen LogP contribution in [-0.4, -0.2) is 30.6 Å². The van der Waals surface area contributed by atoms with Crippen LogP contribution in [0.3, 0.4) is 0 Å². The average Bonchev–Trinajstić information content (AvgIpc) is 2.90. The van der Waals surface area contributed by atoms with Gasteiger partial charge in [-0.25, -0.2) is 0 Å². The number of hydrogen-bond acceptors (Lipinski definition) is 2. The fourth-order valence-corrected chi connectivity index (χ4v) is 3.35. The summed E-state index contributed by atoms with van der Waals surface area (Å²) in [5.74, 6) is 0.668. The molecule has 0 amide bonds. The lowest BCUT2D eigenvalue weighted by Gasteiger charge is -2.31. The van der Waals surface area contributed by atoms with E-state index in [-0.39, 0.29) is 0 Å². The lowest BCUT2D eigenvalue weighted by Crippen LogP contribution is -2.44. The van der Waals surface area contributed by atoms with Crippen LogP contribution in [0.1, 0.15) is 32.3 Å². The maximum atomic E-state index is 6.20. The minimum atomic E-state index is 0.614. The summed E-state index contributed by atoms with van der Waals surface area (Å²) in [6.07, 6.45) is 2.68. The molecule has 0 saturated carbocycles. The summed E-state index contributed by atoms with van der Waals surface area (Å²) in [6, 6.07) is 6.31. The number of nitrogens with zero attached hydrogens (tertiary/aromatic N) is 1. The van der Waals surface area contributed by atoms with E-state index in [1.807, 2.05) is 12.1 Å². The lowest BCUT2D eigenvalue weighted by molar-refractivity contribution is 0.186. The summed E-state index contributed by atoms with van der Waals surface area (Å²) in [6.45, 7) is 8.90. The van der Waals surface area contributed by atoms with Crippen molar-refractivity contribution in [3.8, 4) is 0 Å². The highest BCUT2D eigenvalue weighted by atomic mass is 35.5. The fraction of sp³-hybridized carbons (Fsp3) is 0.625. The van der Waals surface area contributed by atoms with E-state index in [1.54, 1.807) is 6.07 Å². The minimum Gasteiger partial charge on any atom is -0.311 e. The Morgan fingerprint density at radius 1 is 1.20 bits per heavy atom. The lowest BCUT2D eigenvalue weighted by atomic mass is 10.0. The molecule has 0 aliphatic carbocycles. The van der Waals surface area contributed by atoms with Gasteiger partial charge in [-0.1, -0.05) is 43.1 Å². The van der Waals surface area contributed by atoms with Crippen molar-refractivity contribution in [2.75, 3.05) is 19.6 Å². The molecule has 1 N–H and O–H groups in total. The topological polar surface area (TPSA) is 15.3 Å². The number of hydrogen-bond donors (Lipinski definition) is 1. The van der Waals surface area contributed by atoms with E-state index < -0.39 is 0 Å². The zero-order valence-corrected chi connectivity index (χ0v) is 13.8. The molecule has 2 rings (SSSR count). The molecule has 1 aromatic rings. The van der Waals surface area contributed by atoms with Crippen molar-refractivity contribution in [1.29, 1.82) is 0 Å². The smallest absolute Gasteiger partial charge is 0.0465 e. The first-order chi connectivity index (χ1) is 9.58. The van der Waals surface area contributed by atoms with E-state index >= 15 is 0 Å². The van der Waals surface area contributed by atoms with Gasteiger partial charge in [0.2, 0.25) is 0 Å². The molecule has 1 heterocycles. The summed E-state index contributed by atoms with van der Waals surface area (Å²) in [4.78, 5) is 2.61. The van der Waals surface area contributed by atoms with Crippen molar-refractivity contribution in [2.45, 2.75) is 39.3 Å². The molecule has 112 valence electrons. The standard InChI is InChI=1S/C16H24Cl2N2/c1-12(2)16(20-7-3-4-8-20)11-19-10-13-5-6-14(17)9-15(13)18/h5-6,9,12,16,19H,3-4,7-8,10-11H2,1-2H3. The fourth-order valence-electron chi connectivity index (χ4n) is 2.88. The predicted octanol–water partition coefficient (Wildman–Crippen LogP) is 4.20. The third-order valence-corrected chi connectivity index (χ3v) is 4.65. The predicted molar refractivity (Wildman–Crippen MR) is 87.6 cm³/mol. The Morgan fingerprint density at radius 2 is 1.90 bits per heavy atom. The first kappa shape index (κ1) is 16.1. The van der Waals surface area contributed by atoms with Crippen LogP contribution in [0.25, 0.3) is 0 Å². The van der Waals surface area contributed by atoms with Gasteiger partial charge in [0.15, 0.2) is 0 Å². The van der Waals surface area contributed by atoms with Gasteiger partial charge in [-0.3, -0.25) is 4.90 Å². The number of nitrogens with one attached hydrogen (secondary N) is 1. The Balaban J connectivity index is 1.86. The summed E-state index contributed by atoms with van der Waals surface area (Å²) in [5, 5.41) is 4.98. The molecular formula is C16H24Cl2N2. The van der Waals surface area contributed by atoms with Crippen molar-refractivity contribution in [1.82, 2.24) is 10.2 Å². The Labute approximate surface area is 132 Å². The molecule has 4 heteroatoms. The van der Waals surface area contributed by atoms with Gasteiger partial charge in [-0.05, 0) is 49.5 Å². The third-order valence-electron chi connectivity index (χ3n) is 4.06. The Bertz CT molecular complexity index is 428. The second-order valence-electron chi connectivity index (χ2n) is 5.92. The van der Waals surface area contributed by atoms with Crippen LogP contribution < -0.4 is 5.32 Å². The highest BCUT2D eigenvalue weighted by Crippen LogP contribution is 2.21. The molecule has 0 aromatic heterocycles. The number of halogens is 2. The maximum absolute atomic E-state index is 6.20. The molecule has 0 radical (unpaired) electrons. The number of benzene rings is 1. The monoisotopic (exact) mass is 314 g/mol. The Morgan fingerprint density at radius 3 is 2.50 bits per heavy atom. The van der Waals surface area contributed by atoms with E-state index in [9.17, 15) is 0 Å². The van der Waals surface area contributed by atoms with E-state index in [0.717, 1.165) is 23.7 Å². The molecule has 1 unspecified atom stereocenters. The molecule has 1 atom stereocenters. The first-order valence-corrected chi connectivity index (χ1v) is 8.22. The summed E-state index contributed by atoms with van der Waals surface area (Å²) >= 11 is 12.1. The van der Waals surface area contributed by atoms with Gasteiger partial charge in [0.1, 0.15) is 0 Å². The molecule has 20 heavy (non-hydrogen) atoms. The van der Waals surface area contributed by atoms with Crippen molar-refractivity contribution in [2.24, 2.45) is 5.92 Å².